The highest BCUT2D eigenvalue weighted by Crippen LogP contribution is 2.29. The van der Waals surface area contributed by atoms with Crippen LogP contribution in [0.2, 0.25) is 0 Å². The minimum Gasteiger partial charge on any atom is -0.493 e. The average Bonchev–Trinajstić information content (AvgIpc) is 2.52. The number of ether oxygens (including phenoxy) is 1. The Morgan fingerprint density at radius 2 is 1.55 bits per heavy atom. The highest BCUT2D eigenvalue weighted by atomic mass is 16.5. The van der Waals surface area contributed by atoms with Gasteiger partial charge in [-0.15, -0.1) is 0 Å². The second-order valence-electron chi connectivity index (χ2n) is 5.40. The van der Waals surface area contributed by atoms with Gasteiger partial charge in [-0.2, -0.15) is 0 Å². The molecule has 1 aliphatic carbocycles. The molecule has 0 saturated heterocycles. The topological polar surface area (TPSA) is 63.6 Å². The maximum absolute atomic E-state index is 12.5. The van der Waals surface area contributed by atoms with E-state index in [1.807, 2.05) is 0 Å². The standard InChI is InChI=1S/C18H16O4/c1-11(19)8-9-22-12-6-7-15-16(10-12)18(21)14-5-3-2-4-13(14)17(15)20/h2-7,10-11,19H,8-9H2,1H3. The molecule has 0 radical (unpaired) electrons. The average molecular weight is 296 g/mol. The highest BCUT2D eigenvalue weighted by molar-refractivity contribution is 6.28. The fourth-order valence-electron chi connectivity index (χ4n) is 2.52. The lowest BCUT2D eigenvalue weighted by Gasteiger charge is -2.18. The van der Waals surface area contributed by atoms with E-state index >= 15 is 0 Å². The number of hydrogen-bond donors (Lipinski definition) is 1. The van der Waals surface area contributed by atoms with Crippen LogP contribution >= 0.6 is 0 Å². The van der Waals surface area contributed by atoms with Crippen molar-refractivity contribution in [1.29, 1.82) is 0 Å². The van der Waals surface area contributed by atoms with E-state index in [2.05, 4.69) is 0 Å². The molecule has 2 aromatic rings. The molecule has 0 saturated carbocycles. The first-order valence-electron chi connectivity index (χ1n) is 7.21. The minimum absolute atomic E-state index is 0.138. The Hall–Kier alpha value is -2.46. The molecule has 4 nitrogen and oxygen atoms in total. The predicted octanol–water partition coefficient (Wildman–Crippen LogP) is 2.61. The zero-order valence-electron chi connectivity index (χ0n) is 12.2. The summed E-state index contributed by atoms with van der Waals surface area (Å²) in [5.74, 6) is 0.229. The molecule has 0 spiro atoms. The number of carbonyl (C=O) groups is 2. The van der Waals surface area contributed by atoms with Crippen LogP contribution in [0.1, 0.15) is 45.2 Å². The fraction of sp³-hybridized carbons (Fsp3) is 0.222. The van der Waals surface area contributed by atoms with Crippen molar-refractivity contribution < 1.29 is 19.4 Å². The Balaban J connectivity index is 1.92. The zero-order valence-corrected chi connectivity index (χ0v) is 12.2. The van der Waals surface area contributed by atoms with Gasteiger partial charge in [0.1, 0.15) is 5.75 Å². The van der Waals surface area contributed by atoms with E-state index in [4.69, 9.17) is 4.74 Å². The monoisotopic (exact) mass is 296 g/mol. The third kappa shape index (κ3) is 2.53. The highest BCUT2D eigenvalue weighted by Gasteiger charge is 2.29. The number of rotatable bonds is 4. The van der Waals surface area contributed by atoms with Crippen molar-refractivity contribution in [1.82, 2.24) is 0 Å². The molecule has 0 heterocycles. The molecule has 0 fully saturated rings. The number of carbonyl (C=O) groups excluding carboxylic acids is 2. The summed E-state index contributed by atoms with van der Waals surface area (Å²) in [5, 5.41) is 9.23. The lowest BCUT2D eigenvalue weighted by molar-refractivity contribution is 0.0978. The van der Waals surface area contributed by atoms with Crippen LogP contribution in [-0.2, 0) is 0 Å². The summed E-state index contributed by atoms with van der Waals surface area (Å²) in [6, 6.07) is 11.8. The summed E-state index contributed by atoms with van der Waals surface area (Å²) >= 11 is 0. The van der Waals surface area contributed by atoms with Gasteiger partial charge in [0.15, 0.2) is 11.6 Å². The van der Waals surface area contributed by atoms with Gasteiger partial charge >= 0.3 is 0 Å². The lowest BCUT2D eigenvalue weighted by atomic mass is 9.84. The molecule has 3 rings (SSSR count). The van der Waals surface area contributed by atoms with Crippen molar-refractivity contribution in [3.8, 4) is 5.75 Å². The summed E-state index contributed by atoms with van der Waals surface area (Å²) in [6.07, 6.45) is 0.0694. The number of benzene rings is 2. The second-order valence-corrected chi connectivity index (χ2v) is 5.40. The maximum atomic E-state index is 12.5. The Kier molecular flexibility index (Phi) is 3.77. The normalized spacial score (nSPS) is 14.3. The summed E-state index contributed by atoms with van der Waals surface area (Å²) in [4.78, 5) is 25.0. The smallest absolute Gasteiger partial charge is 0.194 e. The summed E-state index contributed by atoms with van der Waals surface area (Å²) in [7, 11) is 0. The third-order valence-electron chi connectivity index (χ3n) is 3.70. The minimum atomic E-state index is -0.437. The van der Waals surface area contributed by atoms with Crippen molar-refractivity contribution in [2.45, 2.75) is 19.4 Å². The lowest BCUT2D eigenvalue weighted by Crippen LogP contribution is -2.20. The molecule has 1 aliphatic rings. The number of fused-ring (bicyclic) bond motifs is 2. The van der Waals surface area contributed by atoms with E-state index in [9.17, 15) is 14.7 Å². The second kappa shape index (κ2) is 5.73. The molecule has 112 valence electrons. The van der Waals surface area contributed by atoms with E-state index in [-0.39, 0.29) is 11.6 Å². The van der Waals surface area contributed by atoms with Gasteiger partial charge in [0.2, 0.25) is 0 Å². The van der Waals surface area contributed by atoms with E-state index in [1.54, 1.807) is 49.4 Å². The van der Waals surface area contributed by atoms with E-state index in [1.165, 1.54) is 0 Å². The van der Waals surface area contributed by atoms with E-state index < -0.39 is 6.10 Å². The molecule has 0 aromatic heterocycles. The third-order valence-corrected chi connectivity index (χ3v) is 3.70. The molecule has 1 atom stereocenters. The van der Waals surface area contributed by atoms with Crippen LogP contribution in [0.3, 0.4) is 0 Å². The maximum Gasteiger partial charge on any atom is 0.194 e. The van der Waals surface area contributed by atoms with Crippen molar-refractivity contribution in [3.05, 3.63) is 64.7 Å². The number of hydrogen-bond acceptors (Lipinski definition) is 4. The van der Waals surface area contributed by atoms with Gasteiger partial charge in [-0.3, -0.25) is 9.59 Å². The van der Waals surface area contributed by atoms with Crippen LogP contribution in [0.15, 0.2) is 42.5 Å². The molecule has 0 amide bonds. The number of ketones is 2. The molecule has 22 heavy (non-hydrogen) atoms. The van der Waals surface area contributed by atoms with Crippen molar-refractivity contribution in [3.63, 3.8) is 0 Å². The SMILES string of the molecule is CC(O)CCOc1ccc2c(c1)C(=O)c1ccccc1C2=O. The number of aliphatic hydroxyl groups is 1. The largest absolute Gasteiger partial charge is 0.493 e. The van der Waals surface area contributed by atoms with Gasteiger partial charge in [-0.1, -0.05) is 24.3 Å². The van der Waals surface area contributed by atoms with Crippen molar-refractivity contribution in [2.75, 3.05) is 6.61 Å². The van der Waals surface area contributed by atoms with Gasteiger partial charge in [-0.25, -0.2) is 0 Å². The van der Waals surface area contributed by atoms with E-state index in [0.717, 1.165) is 0 Å². The van der Waals surface area contributed by atoms with Gasteiger partial charge in [0.25, 0.3) is 0 Å². The molecular weight excluding hydrogens is 280 g/mol. The Morgan fingerprint density at radius 1 is 0.955 bits per heavy atom. The van der Waals surface area contributed by atoms with Gasteiger partial charge in [0.05, 0.1) is 12.7 Å². The molecule has 1 N–H and O–H groups in total. The molecule has 1 unspecified atom stereocenters. The summed E-state index contributed by atoms with van der Waals surface area (Å²) < 4.78 is 5.53. The fourth-order valence-corrected chi connectivity index (χ4v) is 2.52. The van der Waals surface area contributed by atoms with Crippen molar-refractivity contribution in [2.24, 2.45) is 0 Å². The first-order chi connectivity index (χ1) is 10.6. The van der Waals surface area contributed by atoms with Crippen LogP contribution in [0, 0.1) is 0 Å². The van der Waals surface area contributed by atoms with Crippen LogP contribution in [-0.4, -0.2) is 29.4 Å². The Labute approximate surface area is 128 Å². The Bertz CT molecular complexity index is 747. The number of aliphatic hydroxyl groups excluding tert-OH is 1. The first-order valence-corrected chi connectivity index (χ1v) is 7.21. The molecule has 0 bridgehead atoms. The van der Waals surface area contributed by atoms with Gasteiger partial charge in [-0.05, 0) is 25.1 Å². The summed E-state index contributed by atoms with van der Waals surface area (Å²) in [5.41, 5.74) is 1.66. The van der Waals surface area contributed by atoms with Gasteiger partial charge in [0, 0.05) is 28.7 Å². The van der Waals surface area contributed by atoms with Crippen LogP contribution in [0.5, 0.6) is 5.75 Å². The molecule has 2 aromatic carbocycles. The molecular formula is C18H16O4. The quantitative estimate of drug-likeness (QED) is 0.804. The van der Waals surface area contributed by atoms with E-state index in [0.29, 0.717) is 41.0 Å². The predicted molar refractivity (Wildman–Crippen MR) is 81.5 cm³/mol. The first kappa shape index (κ1) is 14.5. The molecule has 4 heteroatoms. The van der Waals surface area contributed by atoms with Gasteiger partial charge < -0.3 is 9.84 Å². The Morgan fingerprint density at radius 3 is 2.18 bits per heavy atom. The molecule has 0 aliphatic heterocycles. The van der Waals surface area contributed by atoms with Crippen LogP contribution in [0.25, 0.3) is 0 Å². The zero-order chi connectivity index (χ0) is 15.7. The van der Waals surface area contributed by atoms with Crippen LogP contribution < -0.4 is 4.74 Å². The summed E-state index contributed by atoms with van der Waals surface area (Å²) in [6.45, 7) is 2.05. The van der Waals surface area contributed by atoms with Crippen LogP contribution in [0.4, 0.5) is 0 Å². The van der Waals surface area contributed by atoms with Crippen molar-refractivity contribution >= 4 is 11.6 Å².